The van der Waals surface area contributed by atoms with E-state index < -0.39 is 0 Å². The number of methoxy groups -OCH3 is 1. The molecule has 1 aromatic heterocycles. The molecule has 2 rings (SSSR count). The van der Waals surface area contributed by atoms with Crippen LogP contribution in [0.2, 0.25) is 0 Å². The van der Waals surface area contributed by atoms with Gasteiger partial charge in [0, 0.05) is 38.7 Å². The minimum Gasteiger partial charge on any atom is -0.382 e. The molecule has 1 heterocycles. The molecule has 1 aromatic carbocycles. The van der Waals surface area contributed by atoms with Crippen molar-refractivity contribution in [3.05, 3.63) is 59.4 Å². The highest BCUT2D eigenvalue weighted by Crippen LogP contribution is 2.21. The molecule has 138 valence electrons. The Labute approximate surface area is 153 Å². The van der Waals surface area contributed by atoms with E-state index in [0.717, 1.165) is 11.3 Å². The van der Waals surface area contributed by atoms with Crippen molar-refractivity contribution in [1.29, 1.82) is 0 Å². The predicted octanol–water partition coefficient (Wildman–Crippen LogP) is 2.60. The van der Waals surface area contributed by atoms with Gasteiger partial charge in [0.15, 0.2) is 0 Å². The number of amides is 3. The van der Waals surface area contributed by atoms with E-state index in [1.54, 1.807) is 45.6 Å². The Hall–Kier alpha value is -2.93. The van der Waals surface area contributed by atoms with Crippen LogP contribution in [0.3, 0.4) is 0 Å². The van der Waals surface area contributed by atoms with Crippen LogP contribution in [-0.2, 0) is 4.74 Å². The highest BCUT2D eigenvalue weighted by atomic mass is 16.5. The molecule has 0 radical (unpaired) electrons. The van der Waals surface area contributed by atoms with E-state index >= 15 is 0 Å². The van der Waals surface area contributed by atoms with Crippen LogP contribution >= 0.6 is 0 Å². The number of carbonyl (C=O) groups excluding carboxylic acids is 2. The molecular formula is C19H24N4O3. The number of rotatable bonds is 6. The Morgan fingerprint density at radius 1 is 1.27 bits per heavy atom. The van der Waals surface area contributed by atoms with Crippen molar-refractivity contribution in [3.8, 4) is 0 Å². The zero-order valence-corrected chi connectivity index (χ0v) is 15.4. The Morgan fingerprint density at radius 2 is 2.04 bits per heavy atom. The maximum Gasteiger partial charge on any atom is 0.322 e. The molecule has 0 bridgehead atoms. The molecule has 2 N–H and O–H groups in total. The summed E-state index contributed by atoms with van der Waals surface area (Å²) in [7, 11) is 4.83. The lowest BCUT2D eigenvalue weighted by molar-refractivity contribution is 0.0963. The second-order valence-electron chi connectivity index (χ2n) is 5.88. The molecule has 26 heavy (non-hydrogen) atoms. The minimum absolute atomic E-state index is 0.209. The molecule has 0 aliphatic heterocycles. The van der Waals surface area contributed by atoms with E-state index in [1.807, 2.05) is 25.1 Å². The van der Waals surface area contributed by atoms with Gasteiger partial charge in [-0.2, -0.15) is 0 Å². The summed E-state index contributed by atoms with van der Waals surface area (Å²) in [6, 6.07) is 10.1. The van der Waals surface area contributed by atoms with Crippen LogP contribution in [0.25, 0.3) is 0 Å². The smallest absolute Gasteiger partial charge is 0.322 e. The fraction of sp³-hybridized carbons (Fsp3) is 0.316. The first kappa shape index (κ1) is 19.4. The SMILES string of the molecule is CNC(=O)c1ccc(C)c(NC(=O)N(C)[C@@H](COC)c2ccccn2)c1. The molecule has 1 atom stereocenters. The van der Waals surface area contributed by atoms with Crippen molar-refractivity contribution in [2.24, 2.45) is 0 Å². The molecule has 7 nitrogen and oxygen atoms in total. The van der Waals surface area contributed by atoms with Gasteiger partial charge in [0.1, 0.15) is 0 Å². The zero-order valence-electron chi connectivity index (χ0n) is 15.4. The van der Waals surface area contributed by atoms with Crippen molar-refractivity contribution in [3.63, 3.8) is 0 Å². The number of nitrogens with zero attached hydrogens (tertiary/aromatic N) is 2. The highest BCUT2D eigenvalue weighted by molar-refractivity contribution is 5.97. The zero-order chi connectivity index (χ0) is 19.1. The number of aromatic nitrogens is 1. The maximum atomic E-state index is 12.7. The summed E-state index contributed by atoms with van der Waals surface area (Å²) >= 11 is 0. The third-order valence-corrected chi connectivity index (χ3v) is 4.11. The number of likely N-dealkylation sites (N-methyl/N-ethyl adjacent to an activating group) is 1. The van der Waals surface area contributed by atoms with Gasteiger partial charge in [-0.15, -0.1) is 0 Å². The molecule has 2 aromatic rings. The van der Waals surface area contributed by atoms with Gasteiger partial charge in [-0.3, -0.25) is 9.78 Å². The minimum atomic E-state index is -0.330. The third-order valence-electron chi connectivity index (χ3n) is 4.11. The highest BCUT2D eigenvalue weighted by Gasteiger charge is 2.23. The van der Waals surface area contributed by atoms with Gasteiger partial charge in [-0.1, -0.05) is 12.1 Å². The Balaban J connectivity index is 2.21. The third kappa shape index (κ3) is 4.58. The van der Waals surface area contributed by atoms with Gasteiger partial charge in [-0.05, 0) is 36.8 Å². The molecule has 0 saturated heterocycles. The molecule has 0 fully saturated rings. The van der Waals surface area contributed by atoms with E-state index in [9.17, 15) is 9.59 Å². The number of nitrogens with one attached hydrogen (secondary N) is 2. The summed E-state index contributed by atoms with van der Waals surface area (Å²) < 4.78 is 5.25. The van der Waals surface area contributed by atoms with Crippen molar-refractivity contribution >= 4 is 17.6 Å². The monoisotopic (exact) mass is 356 g/mol. The van der Waals surface area contributed by atoms with Gasteiger partial charge in [-0.25, -0.2) is 4.79 Å². The topological polar surface area (TPSA) is 83.6 Å². The van der Waals surface area contributed by atoms with Crippen LogP contribution in [0, 0.1) is 6.92 Å². The van der Waals surface area contributed by atoms with Crippen molar-refractivity contribution < 1.29 is 14.3 Å². The number of benzene rings is 1. The van der Waals surface area contributed by atoms with Crippen LogP contribution in [0.5, 0.6) is 0 Å². The lowest BCUT2D eigenvalue weighted by atomic mass is 10.1. The van der Waals surface area contributed by atoms with Gasteiger partial charge >= 0.3 is 6.03 Å². The second-order valence-corrected chi connectivity index (χ2v) is 5.88. The van der Waals surface area contributed by atoms with E-state index in [-0.39, 0.29) is 18.0 Å². The number of carbonyl (C=O) groups is 2. The molecule has 0 aliphatic carbocycles. The summed E-state index contributed by atoms with van der Waals surface area (Å²) in [4.78, 5) is 30.4. The number of anilines is 1. The predicted molar refractivity (Wildman–Crippen MR) is 100 cm³/mol. The van der Waals surface area contributed by atoms with Gasteiger partial charge < -0.3 is 20.3 Å². The van der Waals surface area contributed by atoms with E-state index in [0.29, 0.717) is 17.9 Å². The molecule has 0 saturated carbocycles. The number of pyridine rings is 1. The largest absolute Gasteiger partial charge is 0.382 e. The number of hydrogen-bond donors (Lipinski definition) is 2. The van der Waals surface area contributed by atoms with Crippen LogP contribution in [0.4, 0.5) is 10.5 Å². The Bertz CT molecular complexity index is 765. The van der Waals surface area contributed by atoms with Gasteiger partial charge in [0.2, 0.25) is 0 Å². The number of urea groups is 1. The van der Waals surface area contributed by atoms with Crippen molar-refractivity contribution in [1.82, 2.24) is 15.2 Å². The summed E-state index contributed by atoms with van der Waals surface area (Å²) in [5.74, 6) is -0.209. The first-order valence-corrected chi connectivity index (χ1v) is 8.24. The van der Waals surface area contributed by atoms with Crippen LogP contribution in [0.15, 0.2) is 42.6 Å². The number of ether oxygens (including phenoxy) is 1. The lowest BCUT2D eigenvalue weighted by Gasteiger charge is -2.27. The lowest BCUT2D eigenvalue weighted by Crippen LogP contribution is -2.37. The summed E-state index contributed by atoms with van der Waals surface area (Å²) in [6.45, 7) is 2.19. The maximum absolute atomic E-state index is 12.7. The molecule has 3 amide bonds. The normalized spacial score (nSPS) is 11.5. The molecular weight excluding hydrogens is 332 g/mol. The molecule has 0 unspecified atom stereocenters. The standard InChI is InChI=1S/C19H24N4O3/c1-13-8-9-14(18(24)20-2)11-16(13)22-19(25)23(3)17(12-26-4)15-7-5-6-10-21-15/h5-11,17H,12H2,1-4H3,(H,20,24)(H,22,25)/t17-/m0/s1. The van der Waals surface area contributed by atoms with Crippen molar-refractivity contribution in [2.75, 3.05) is 33.1 Å². The number of hydrogen-bond acceptors (Lipinski definition) is 4. The van der Waals surface area contributed by atoms with Gasteiger partial charge in [0.05, 0.1) is 18.3 Å². The number of aryl methyl sites for hydroxylation is 1. The van der Waals surface area contributed by atoms with Crippen LogP contribution < -0.4 is 10.6 Å². The second kappa shape index (κ2) is 8.96. The molecule has 7 heteroatoms. The summed E-state index contributed by atoms with van der Waals surface area (Å²) in [5.41, 5.74) is 2.66. The van der Waals surface area contributed by atoms with E-state index in [2.05, 4.69) is 15.6 Å². The van der Waals surface area contributed by atoms with Crippen LogP contribution in [-0.4, -0.2) is 49.6 Å². The fourth-order valence-corrected chi connectivity index (χ4v) is 2.51. The Kier molecular flexibility index (Phi) is 6.68. The molecule has 0 spiro atoms. The van der Waals surface area contributed by atoms with E-state index in [4.69, 9.17) is 4.74 Å². The van der Waals surface area contributed by atoms with Crippen LogP contribution in [0.1, 0.15) is 27.7 Å². The van der Waals surface area contributed by atoms with Crippen molar-refractivity contribution in [2.45, 2.75) is 13.0 Å². The first-order valence-electron chi connectivity index (χ1n) is 8.24. The summed E-state index contributed by atoms with van der Waals surface area (Å²) in [5, 5.41) is 5.44. The quantitative estimate of drug-likeness (QED) is 0.833. The van der Waals surface area contributed by atoms with E-state index in [1.165, 1.54) is 4.90 Å². The molecule has 0 aliphatic rings. The summed E-state index contributed by atoms with van der Waals surface area (Å²) in [6.07, 6.45) is 1.68. The van der Waals surface area contributed by atoms with Gasteiger partial charge in [0.25, 0.3) is 5.91 Å². The first-order chi connectivity index (χ1) is 12.5. The average molecular weight is 356 g/mol. The Morgan fingerprint density at radius 3 is 2.65 bits per heavy atom. The fourth-order valence-electron chi connectivity index (χ4n) is 2.51. The average Bonchev–Trinajstić information content (AvgIpc) is 2.67.